The van der Waals surface area contributed by atoms with Crippen molar-refractivity contribution in [1.29, 1.82) is 0 Å². The zero-order valence-electron chi connectivity index (χ0n) is 11.5. The summed E-state index contributed by atoms with van der Waals surface area (Å²) in [6.45, 7) is 8.09. The molecule has 0 aromatic heterocycles. The molecule has 0 aliphatic heterocycles. The van der Waals surface area contributed by atoms with Gasteiger partial charge in [-0.2, -0.15) is 0 Å². The zero-order chi connectivity index (χ0) is 14.4. The number of amides is 1. The van der Waals surface area contributed by atoms with Crippen LogP contribution in [-0.4, -0.2) is 21.4 Å². The lowest BCUT2D eigenvalue weighted by Crippen LogP contribution is -3.03. The van der Waals surface area contributed by atoms with Crippen molar-refractivity contribution in [3.8, 4) is 0 Å². The van der Waals surface area contributed by atoms with Gasteiger partial charge in [0.15, 0.2) is 0 Å². The molecule has 0 aliphatic rings. The Morgan fingerprint density at radius 2 is 1.78 bits per heavy atom. The number of hydrogen-bond donors (Lipinski definition) is 2. The summed E-state index contributed by atoms with van der Waals surface area (Å²) in [6.07, 6.45) is 2.88. The molecular weight excluding hydrogens is 295 g/mol. The highest BCUT2D eigenvalue weighted by Crippen LogP contribution is 2.27. The molecule has 3 nitrogen and oxygen atoms in total. The predicted octanol–water partition coefficient (Wildman–Crippen LogP) is 2.74. The molecule has 0 aliphatic carbocycles. The molecule has 0 bridgehead atoms. The molecular formula is C12H24Cl3N2O+. The van der Waals surface area contributed by atoms with Gasteiger partial charge in [0.1, 0.15) is 0 Å². The predicted molar refractivity (Wildman–Crippen MR) is 78.0 cm³/mol. The van der Waals surface area contributed by atoms with Crippen LogP contribution in [-0.2, 0) is 4.79 Å². The van der Waals surface area contributed by atoms with E-state index < -0.39 is 9.96 Å². The summed E-state index contributed by atoms with van der Waals surface area (Å²) >= 11 is 17.7. The second kappa shape index (κ2) is 7.78. The summed E-state index contributed by atoms with van der Waals surface area (Å²) in [5.74, 6) is -0.0692. The van der Waals surface area contributed by atoms with E-state index in [9.17, 15) is 4.79 Å². The van der Waals surface area contributed by atoms with Gasteiger partial charge in [-0.25, -0.2) is 0 Å². The maximum Gasteiger partial charge on any atom is 0.262 e. The first-order chi connectivity index (χ1) is 8.06. The first-order valence-corrected chi connectivity index (χ1v) is 7.41. The van der Waals surface area contributed by atoms with Crippen LogP contribution in [0.25, 0.3) is 0 Å². The van der Waals surface area contributed by atoms with E-state index in [1.807, 2.05) is 26.1 Å². The minimum atomic E-state index is -1.52. The van der Waals surface area contributed by atoms with Gasteiger partial charge in [-0.15, -0.1) is 0 Å². The minimum absolute atomic E-state index is 0.0692. The van der Waals surface area contributed by atoms with E-state index in [2.05, 4.69) is 12.2 Å². The Hall–Kier alpha value is 0.300. The van der Waals surface area contributed by atoms with Crippen molar-refractivity contribution in [1.82, 2.24) is 5.32 Å². The molecule has 0 radical (unpaired) electrons. The highest BCUT2D eigenvalue weighted by Gasteiger charge is 2.39. The van der Waals surface area contributed by atoms with Gasteiger partial charge in [-0.1, -0.05) is 54.6 Å². The molecule has 0 aromatic carbocycles. The Morgan fingerprint density at radius 3 is 2.17 bits per heavy atom. The molecule has 0 heterocycles. The lowest BCUT2D eigenvalue weighted by molar-refractivity contribution is -0.749. The number of rotatable bonds is 6. The third-order valence-corrected chi connectivity index (χ3v) is 3.05. The van der Waals surface area contributed by atoms with Crippen LogP contribution < -0.4 is 10.6 Å². The number of hydrogen-bond acceptors (Lipinski definition) is 1. The van der Waals surface area contributed by atoms with E-state index in [0.717, 1.165) is 19.3 Å². The largest absolute Gasteiger partial charge is 0.319 e. The lowest BCUT2D eigenvalue weighted by Gasteiger charge is -2.29. The van der Waals surface area contributed by atoms with Crippen LogP contribution in [0.15, 0.2) is 0 Å². The number of quaternary nitrogens is 1. The van der Waals surface area contributed by atoms with Crippen LogP contribution in [0.2, 0.25) is 0 Å². The fourth-order valence-electron chi connectivity index (χ4n) is 1.50. The van der Waals surface area contributed by atoms with Gasteiger partial charge >= 0.3 is 0 Å². The monoisotopic (exact) mass is 317 g/mol. The minimum Gasteiger partial charge on any atom is -0.319 e. The second-order valence-electron chi connectivity index (χ2n) is 5.58. The van der Waals surface area contributed by atoms with Gasteiger partial charge in [0, 0.05) is 6.42 Å². The highest BCUT2D eigenvalue weighted by atomic mass is 35.6. The van der Waals surface area contributed by atoms with Gasteiger partial charge < -0.3 is 10.6 Å². The van der Waals surface area contributed by atoms with Crippen LogP contribution in [0, 0.1) is 0 Å². The van der Waals surface area contributed by atoms with Crippen LogP contribution in [0.4, 0.5) is 0 Å². The molecule has 0 saturated carbocycles. The van der Waals surface area contributed by atoms with E-state index in [4.69, 9.17) is 34.8 Å². The molecule has 1 atom stereocenters. The first kappa shape index (κ1) is 18.3. The molecule has 0 aromatic rings. The Kier molecular flexibility index (Phi) is 7.91. The average Bonchev–Trinajstić information content (AvgIpc) is 2.13. The number of nitrogens with one attached hydrogen (secondary N) is 1. The number of unbranched alkanes of at least 4 members (excludes halogenated alkanes) is 2. The summed E-state index contributed by atoms with van der Waals surface area (Å²) in [4.78, 5) is 11.8. The zero-order valence-corrected chi connectivity index (χ0v) is 13.8. The van der Waals surface area contributed by atoms with Crippen molar-refractivity contribution in [2.45, 2.75) is 68.9 Å². The number of alkyl halides is 3. The second-order valence-corrected chi connectivity index (χ2v) is 7.95. The highest BCUT2D eigenvalue weighted by molar-refractivity contribution is 6.68. The van der Waals surface area contributed by atoms with Gasteiger partial charge in [0.2, 0.25) is 12.1 Å². The van der Waals surface area contributed by atoms with Crippen molar-refractivity contribution in [2.24, 2.45) is 0 Å². The molecule has 3 N–H and O–H groups in total. The van der Waals surface area contributed by atoms with Crippen molar-refractivity contribution in [3.05, 3.63) is 0 Å². The quantitative estimate of drug-likeness (QED) is 0.441. The standard InChI is InChI=1S/C12H23Cl3N2O/c1-5-6-7-8-9(18)16-10(12(13,14)15)17-11(2,3)4/h10,17H,5-8H2,1-4H3,(H,16,18)/p+1/t10-/m1/s1. The Labute approximate surface area is 125 Å². The third kappa shape index (κ3) is 9.26. The third-order valence-electron chi connectivity index (χ3n) is 2.34. The van der Waals surface area contributed by atoms with Crippen LogP contribution >= 0.6 is 34.8 Å². The summed E-state index contributed by atoms with van der Waals surface area (Å²) in [7, 11) is 0. The van der Waals surface area contributed by atoms with E-state index in [-0.39, 0.29) is 11.4 Å². The molecule has 0 unspecified atom stereocenters. The van der Waals surface area contributed by atoms with E-state index >= 15 is 0 Å². The molecule has 1 amide bonds. The normalized spacial score (nSPS) is 14.4. The van der Waals surface area contributed by atoms with Crippen molar-refractivity contribution < 1.29 is 10.1 Å². The maximum absolute atomic E-state index is 11.8. The van der Waals surface area contributed by atoms with Gasteiger partial charge in [0.25, 0.3) is 3.79 Å². The topological polar surface area (TPSA) is 45.7 Å². The smallest absolute Gasteiger partial charge is 0.262 e. The Balaban J connectivity index is 4.38. The average molecular weight is 319 g/mol. The molecule has 0 rings (SSSR count). The molecule has 0 fully saturated rings. The molecule has 0 saturated heterocycles. The SMILES string of the molecule is CCCCCC(=O)N[C@H]([NH2+]C(C)(C)C)C(Cl)(Cl)Cl. The number of carbonyl (C=O) groups excluding carboxylic acids is 1. The van der Waals surface area contributed by atoms with Gasteiger partial charge in [-0.05, 0) is 27.2 Å². The summed E-state index contributed by atoms with van der Waals surface area (Å²) in [6, 6.07) is 0. The van der Waals surface area contributed by atoms with Crippen LogP contribution in [0.5, 0.6) is 0 Å². The van der Waals surface area contributed by atoms with Crippen LogP contribution in [0.1, 0.15) is 53.4 Å². The Morgan fingerprint density at radius 1 is 1.22 bits per heavy atom. The lowest BCUT2D eigenvalue weighted by atomic mass is 10.1. The number of halogens is 3. The van der Waals surface area contributed by atoms with E-state index in [1.54, 1.807) is 0 Å². The maximum atomic E-state index is 11.8. The van der Waals surface area contributed by atoms with Crippen molar-refractivity contribution >= 4 is 40.7 Å². The van der Waals surface area contributed by atoms with E-state index in [1.165, 1.54) is 0 Å². The first-order valence-electron chi connectivity index (χ1n) is 6.28. The Bertz CT molecular complexity index is 259. The van der Waals surface area contributed by atoms with E-state index in [0.29, 0.717) is 6.42 Å². The summed E-state index contributed by atoms with van der Waals surface area (Å²) in [5.41, 5.74) is -0.134. The molecule has 108 valence electrons. The molecule has 0 spiro atoms. The molecule has 6 heteroatoms. The summed E-state index contributed by atoms with van der Waals surface area (Å²) < 4.78 is -1.52. The van der Waals surface area contributed by atoms with Crippen molar-refractivity contribution in [3.63, 3.8) is 0 Å². The fourth-order valence-corrected chi connectivity index (χ4v) is 1.85. The number of nitrogens with two attached hydrogens (primary N) is 1. The van der Waals surface area contributed by atoms with Crippen molar-refractivity contribution in [2.75, 3.05) is 0 Å². The van der Waals surface area contributed by atoms with Gasteiger partial charge in [0.05, 0.1) is 5.54 Å². The molecule has 18 heavy (non-hydrogen) atoms. The van der Waals surface area contributed by atoms with Crippen LogP contribution in [0.3, 0.4) is 0 Å². The fraction of sp³-hybridized carbons (Fsp3) is 0.917. The number of carbonyl (C=O) groups is 1. The van der Waals surface area contributed by atoms with Gasteiger partial charge in [-0.3, -0.25) is 4.79 Å². The summed E-state index contributed by atoms with van der Waals surface area (Å²) in [5, 5.41) is 4.64.